The number of allylic oxidation sites excluding steroid dienone is 2. The molecule has 206 valence electrons. The molecule has 1 saturated heterocycles. The Hall–Kier alpha value is -2.55. The summed E-state index contributed by atoms with van der Waals surface area (Å²) < 4.78 is 6.94. The molecule has 7 rings (SSSR count). The van der Waals surface area contributed by atoms with Crippen molar-refractivity contribution in [1.82, 2.24) is 0 Å². The van der Waals surface area contributed by atoms with E-state index in [1.54, 1.807) is 22.3 Å². The second-order valence-corrected chi connectivity index (χ2v) is 35.0. The maximum absolute atomic E-state index is 3.01. The predicted octanol–water partition coefficient (Wildman–Crippen LogP) is 11.2. The van der Waals surface area contributed by atoms with E-state index < -0.39 is 28.0 Å². The number of rotatable bonds is 5. The summed E-state index contributed by atoms with van der Waals surface area (Å²) in [7, 11) is -1.87. The molecule has 0 nitrogen and oxygen atoms in total. The minimum absolute atomic E-state index is 0.683. The Bertz CT molecular complexity index is 1630. The first kappa shape index (κ1) is 27.3. The van der Waals surface area contributed by atoms with Crippen molar-refractivity contribution in [1.29, 1.82) is 0 Å². The van der Waals surface area contributed by atoms with Crippen molar-refractivity contribution in [3.63, 3.8) is 0 Å². The fourth-order valence-electron chi connectivity index (χ4n) is 8.76. The summed E-state index contributed by atoms with van der Waals surface area (Å²) in [6.45, 7) is 9.79. The summed E-state index contributed by atoms with van der Waals surface area (Å²) in [6.07, 6.45) is 7.60. The van der Waals surface area contributed by atoms with Crippen LogP contribution in [0.1, 0.15) is 61.5 Å². The van der Waals surface area contributed by atoms with Crippen LogP contribution in [0, 0.1) is 0 Å². The summed E-state index contributed by atoms with van der Waals surface area (Å²) in [6, 6.07) is 34.0. The zero-order valence-electron chi connectivity index (χ0n) is 25.5. The van der Waals surface area contributed by atoms with Crippen LogP contribution >= 0.6 is 0 Å². The molecule has 0 bridgehead atoms. The number of fused-ring (bicyclic) bond motifs is 6. The topological polar surface area (TPSA) is 0 Å². The summed E-state index contributed by atoms with van der Waals surface area (Å²) in [5.41, 5.74) is 15.1. The second-order valence-electron chi connectivity index (χ2n) is 13.2. The molecule has 0 amide bonds. The first-order valence-electron chi connectivity index (χ1n) is 15.7. The third-order valence-corrected chi connectivity index (χ3v) is 33.0. The molecule has 2 heteroatoms. The van der Waals surface area contributed by atoms with E-state index in [9.17, 15) is 0 Å². The van der Waals surface area contributed by atoms with Gasteiger partial charge in [0, 0.05) is 0 Å². The molecule has 2 unspecified atom stereocenters. The molecule has 2 atom stereocenters. The molecule has 2 aliphatic carbocycles. The average Bonchev–Trinajstić information content (AvgIpc) is 3.61. The Morgan fingerprint density at radius 3 is 1.39 bits per heavy atom. The molecule has 1 aliphatic heterocycles. The van der Waals surface area contributed by atoms with E-state index in [2.05, 4.69) is 134 Å². The molecular weight excluding hydrogens is 675 g/mol. The molecule has 0 aromatic heterocycles. The van der Waals surface area contributed by atoms with E-state index in [1.165, 1.54) is 39.4 Å². The molecule has 0 radical (unpaired) electrons. The molecule has 0 N–H and O–H groups in total. The van der Waals surface area contributed by atoms with Crippen LogP contribution in [-0.4, -0.2) is 8.07 Å². The predicted molar refractivity (Wildman–Crippen MR) is 178 cm³/mol. The summed E-state index contributed by atoms with van der Waals surface area (Å²) in [5, 5.41) is 3.71. The van der Waals surface area contributed by atoms with Gasteiger partial charge >= 0.3 is 254 Å². The van der Waals surface area contributed by atoms with Crippen LogP contribution in [-0.2, 0) is 32.8 Å². The average molecular weight is 717 g/mol. The van der Waals surface area contributed by atoms with Crippen molar-refractivity contribution >= 4 is 20.2 Å². The van der Waals surface area contributed by atoms with Crippen molar-refractivity contribution < 1.29 is 20.0 Å². The van der Waals surface area contributed by atoms with Crippen molar-refractivity contribution in [2.45, 2.75) is 62.9 Å². The quantitative estimate of drug-likeness (QED) is 0.180. The number of hydrogen-bond donors (Lipinski definition) is 0. The maximum atomic E-state index is 2.79. The van der Waals surface area contributed by atoms with Crippen LogP contribution < -0.4 is 0 Å². The van der Waals surface area contributed by atoms with E-state index in [0.29, 0.717) is 7.35 Å². The Kier molecular flexibility index (Phi) is 6.67. The van der Waals surface area contributed by atoms with Crippen molar-refractivity contribution in [2.75, 3.05) is 0 Å². The van der Waals surface area contributed by atoms with Crippen molar-refractivity contribution in [3.05, 3.63) is 129 Å². The molecule has 41 heavy (non-hydrogen) atoms. The van der Waals surface area contributed by atoms with Crippen LogP contribution in [0.4, 0.5) is 0 Å². The fraction of sp³-hybridized carbons (Fsp3) is 0.282. The van der Waals surface area contributed by atoms with Crippen LogP contribution in [0.25, 0.3) is 34.4 Å². The zero-order chi connectivity index (χ0) is 28.5. The zero-order valence-corrected chi connectivity index (χ0v) is 30.1. The van der Waals surface area contributed by atoms with E-state index >= 15 is 0 Å². The molecule has 4 aromatic rings. The molecule has 0 spiro atoms. The Morgan fingerprint density at radius 1 is 0.561 bits per heavy atom. The summed E-state index contributed by atoms with van der Waals surface area (Å²) in [5.74, 6) is 0. The van der Waals surface area contributed by atoms with Crippen LogP contribution in [0.2, 0.25) is 22.0 Å². The number of benzene rings is 4. The summed E-state index contributed by atoms with van der Waals surface area (Å²) >= 11 is -3.01. The summed E-state index contributed by atoms with van der Waals surface area (Å²) in [4.78, 5) is 0. The normalized spacial score (nSPS) is 23.3. The van der Waals surface area contributed by atoms with E-state index in [4.69, 9.17) is 0 Å². The SMILES string of the molecule is CCc1ccccc1-c1cccc2c1C=C1[CH]2[Hf]([CH3])([CH3])[CH]2C(=Cc3c(-c4ccccc4CC)cccc32)[Si]1(C)CC. The van der Waals surface area contributed by atoms with Gasteiger partial charge in [-0.25, -0.2) is 0 Å². The van der Waals surface area contributed by atoms with Gasteiger partial charge in [0.25, 0.3) is 0 Å². The van der Waals surface area contributed by atoms with E-state index in [-0.39, 0.29) is 0 Å². The van der Waals surface area contributed by atoms with Gasteiger partial charge in [-0.1, -0.05) is 0 Å². The van der Waals surface area contributed by atoms with Gasteiger partial charge < -0.3 is 0 Å². The Balaban J connectivity index is 1.45. The van der Waals surface area contributed by atoms with Crippen molar-refractivity contribution in [3.8, 4) is 22.3 Å². The van der Waals surface area contributed by atoms with Gasteiger partial charge in [0.2, 0.25) is 0 Å². The monoisotopic (exact) mass is 718 g/mol. The first-order valence-corrected chi connectivity index (χ1v) is 29.8. The molecule has 4 aromatic carbocycles. The van der Waals surface area contributed by atoms with E-state index in [0.717, 1.165) is 12.8 Å². The van der Waals surface area contributed by atoms with Gasteiger partial charge in [-0.2, -0.15) is 0 Å². The third-order valence-electron chi connectivity index (χ3n) is 11.0. The second kappa shape index (κ2) is 10.0. The van der Waals surface area contributed by atoms with Gasteiger partial charge in [-0.15, -0.1) is 0 Å². The van der Waals surface area contributed by atoms with Gasteiger partial charge in [-0.05, 0) is 0 Å². The molecule has 0 saturated carbocycles. The Labute approximate surface area is 252 Å². The fourth-order valence-corrected chi connectivity index (χ4v) is 40.5. The van der Waals surface area contributed by atoms with E-state index in [1.807, 2.05) is 10.4 Å². The van der Waals surface area contributed by atoms with Crippen LogP contribution in [0.3, 0.4) is 0 Å². The van der Waals surface area contributed by atoms with Crippen LogP contribution in [0.15, 0.2) is 95.3 Å². The van der Waals surface area contributed by atoms with Gasteiger partial charge in [0.15, 0.2) is 0 Å². The van der Waals surface area contributed by atoms with Crippen molar-refractivity contribution in [2.24, 2.45) is 0 Å². The van der Waals surface area contributed by atoms with Gasteiger partial charge in [-0.3, -0.25) is 0 Å². The third kappa shape index (κ3) is 3.86. The molecule has 1 fully saturated rings. The number of hydrogen-bond acceptors (Lipinski definition) is 0. The molecule has 3 aliphatic rings. The minimum atomic E-state index is -3.01. The van der Waals surface area contributed by atoms with Gasteiger partial charge in [0.05, 0.1) is 0 Å². The Morgan fingerprint density at radius 2 is 0.976 bits per heavy atom. The first-order chi connectivity index (χ1) is 19.8. The molecular formula is C39H42HfSi. The van der Waals surface area contributed by atoms with Gasteiger partial charge in [0.1, 0.15) is 0 Å². The standard InChI is InChI=1S/C37H36Si.2CH3.Hf/c1-5-26-14-8-10-18-32(26)34-20-12-16-28-22-30(24-36(28)34)38(4,7-3)31-23-29-17-13-21-35(37(29)25-31)33-19-11-9-15-27(33)6-2;;;/h8-25H,5-7H2,1-4H3;2*1H3;. The molecule has 1 heterocycles. The number of aryl methyl sites for hydroxylation is 2. The van der Waals surface area contributed by atoms with Crippen LogP contribution in [0.5, 0.6) is 0 Å².